The summed E-state index contributed by atoms with van der Waals surface area (Å²) in [4.78, 5) is 5.75. The van der Waals surface area contributed by atoms with Crippen LogP contribution in [0.1, 0.15) is 32.2 Å². The molecular weight excluding hydrogens is 325 g/mol. The van der Waals surface area contributed by atoms with Crippen LogP contribution in [0.4, 0.5) is 0 Å². The molecule has 1 aliphatic heterocycles. The topological polar surface area (TPSA) is 24.0 Å². The number of likely N-dealkylation sites (tertiary alicyclic amines) is 1. The van der Waals surface area contributed by atoms with Crippen LogP contribution in [0.15, 0.2) is 12.1 Å². The Morgan fingerprint density at radius 1 is 1.19 bits per heavy atom. The van der Waals surface area contributed by atoms with E-state index in [0.717, 1.165) is 22.3 Å². The Hall–Kier alpha value is -0.550. The Kier molecular flexibility index (Phi) is 4.60. The van der Waals surface area contributed by atoms with Gasteiger partial charge in [0, 0.05) is 12.6 Å². The van der Waals surface area contributed by atoms with E-state index in [2.05, 4.69) is 21.4 Å². The monoisotopic (exact) mass is 343 g/mol. The Labute approximate surface area is 139 Å². The number of rotatable bonds is 3. The molecule has 3 nitrogen and oxygen atoms in total. The second-order valence-corrected chi connectivity index (χ2v) is 7.00. The number of nitrogens with one attached hydrogen (secondary N) is 1. The van der Waals surface area contributed by atoms with Gasteiger partial charge < -0.3 is 14.5 Å². The van der Waals surface area contributed by atoms with E-state index < -0.39 is 0 Å². The van der Waals surface area contributed by atoms with Gasteiger partial charge in [0.05, 0.1) is 21.1 Å². The molecule has 1 aromatic carbocycles. The fourth-order valence-corrected chi connectivity index (χ4v) is 3.87. The first-order valence-corrected chi connectivity index (χ1v) is 8.54. The van der Waals surface area contributed by atoms with Gasteiger partial charge in [-0.1, -0.05) is 29.6 Å². The van der Waals surface area contributed by atoms with Gasteiger partial charge in [-0.2, -0.15) is 0 Å². The minimum atomic E-state index is 0.307. The van der Waals surface area contributed by atoms with Crippen molar-refractivity contribution in [1.82, 2.24) is 14.5 Å². The van der Waals surface area contributed by atoms with Crippen LogP contribution in [-0.4, -0.2) is 34.1 Å². The Bertz CT molecular complexity index is 701. The number of H-pyrrole nitrogens is 1. The van der Waals surface area contributed by atoms with Crippen molar-refractivity contribution in [1.29, 1.82) is 0 Å². The van der Waals surface area contributed by atoms with E-state index in [1.54, 1.807) is 0 Å². The summed E-state index contributed by atoms with van der Waals surface area (Å²) in [7, 11) is 0. The first-order chi connectivity index (χ1) is 10.1. The zero-order valence-corrected chi connectivity index (χ0v) is 14.4. The van der Waals surface area contributed by atoms with Gasteiger partial charge in [0.25, 0.3) is 0 Å². The summed E-state index contributed by atoms with van der Waals surface area (Å²) in [5.74, 6) is 0. The minimum absolute atomic E-state index is 0.307. The number of benzene rings is 1. The van der Waals surface area contributed by atoms with Crippen molar-refractivity contribution in [3.05, 3.63) is 26.9 Å². The second kappa shape index (κ2) is 6.29. The Morgan fingerprint density at radius 3 is 2.57 bits per heavy atom. The van der Waals surface area contributed by atoms with E-state index in [9.17, 15) is 0 Å². The highest BCUT2D eigenvalue weighted by molar-refractivity contribution is 7.71. The van der Waals surface area contributed by atoms with Crippen molar-refractivity contribution in [2.24, 2.45) is 0 Å². The molecule has 2 aromatic rings. The standard InChI is InChI=1S/C15H19Cl2N3S/c1-10(9-19-5-3-2-4-6-19)20-14-8-12(17)11(16)7-13(14)18-15(20)21/h7-8,10H,2-6,9H2,1H3,(H,18,21). The fraction of sp³-hybridized carbons (Fsp3) is 0.533. The number of piperidine rings is 1. The van der Waals surface area contributed by atoms with Crippen LogP contribution in [0.5, 0.6) is 0 Å². The molecule has 2 heterocycles. The van der Waals surface area contributed by atoms with Gasteiger partial charge in [-0.15, -0.1) is 0 Å². The van der Waals surface area contributed by atoms with E-state index in [4.69, 9.17) is 35.4 Å². The molecular formula is C15H19Cl2N3S. The number of aromatic nitrogens is 2. The van der Waals surface area contributed by atoms with Crippen LogP contribution in [-0.2, 0) is 0 Å². The van der Waals surface area contributed by atoms with Gasteiger partial charge in [0.2, 0.25) is 0 Å². The number of hydrogen-bond donors (Lipinski definition) is 1. The zero-order chi connectivity index (χ0) is 15.0. The molecule has 0 spiro atoms. The first-order valence-electron chi connectivity index (χ1n) is 7.38. The molecule has 1 unspecified atom stereocenters. The minimum Gasteiger partial charge on any atom is -0.331 e. The summed E-state index contributed by atoms with van der Waals surface area (Å²) in [6.07, 6.45) is 3.95. The molecule has 0 bridgehead atoms. The fourth-order valence-electron chi connectivity index (χ4n) is 3.16. The summed E-state index contributed by atoms with van der Waals surface area (Å²) in [6, 6.07) is 4.05. The number of hydrogen-bond acceptors (Lipinski definition) is 2. The number of imidazole rings is 1. The SMILES string of the molecule is CC(CN1CCCCC1)n1c(=S)[nH]c2cc(Cl)c(Cl)cc21. The van der Waals surface area contributed by atoms with Crippen molar-refractivity contribution in [3.8, 4) is 0 Å². The molecule has 114 valence electrons. The van der Waals surface area contributed by atoms with Crippen molar-refractivity contribution in [2.45, 2.75) is 32.2 Å². The van der Waals surface area contributed by atoms with E-state index in [-0.39, 0.29) is 0 Å². The predicted molar refractivity (Wildman–Crippen MR) is 92.1 cm³/mol. The normalized spacial score (nSPS) is 18.2. The molecule has 1 saturated heterocycles. The second-order valence-electron chi connectivity index (χ2n) is 5.79. The van der Waals surface area contributed by atoms with E-state index >= 15 is 0 Å². The number of aromatic amines is 1. The van der Waals surface area contributed by atoms with Gasteiger partial charge in [-0.05, 0) is 57.2 Å². The maximum atomic E-state index is 6.16. The van der Waals surface area contributed by atoms with Crippen molar-refractivity contribution in [2.75, 3.05) is 19.6 Å². The molecule has 3 rings (SSSR count). The summed E-state index contributed by atoms with van der Waals surface area (Å²) in [6.45, 7) is 5.60. The number of nitrogens with zero attached hydrogens (tertiary/aromatic N) is 2. The van der Waals surface area contributed by atoms with Crippen LogP contribution in [0.25, 0.3) is 11.0 Å². The van der Waals surface area contributed by atoms with Crippen LogP contribution in [0, 0.1) is 4.77 Å². The molecule has 0 saturated carbocycles. The van der Waals surface area contributed by atoms with Crippen molar-refractivity contribution >= 4 is 46.5 Å². The zero-order valence-electron chi connectivity index (χ0n) is 12.0. The van der Waals surface area contributed by atoms with Gasteiger partial charge in [0.15, 0.2) is 4.77 Å². The number of fused-ring (bicyclic) bond motifs is 1. The Morgan fingerprint density at radius 2 is 1.86 bits per heavy atom. The van der Waals surface area contributed by atoms with Crippen LogP contribution in [0.3, 0.4) is 0 Å². The molecule has 1 atom stereocenters. The molecule has 6 heteroatoms. The van der Waals surface area contributed by atoms with Gasteiger partial charge in [-0.25, -0.2) is 0 Å². The van der Waals surface area contributed by atoms with Gasteiger partial charge in [0.1, 0.15) is 0 Å². The average molecular weight is 344 g/mol. The molecule has 1 fully saturated rings. The van der Waals surface area contributed by atoms with E-state index in [0.29, 0.717) is 16.1 Å². The van der Waals surface area contributed by atoms with Crippen LogP contribution in [0.2, 0.25) is 10.0 Å². The predicted octanol–water partition coefficient (Wildman–Crippen LogP) is 5.05. The third-order valence-electron chi connectivity index (χ3n) is 4.17. The van der Waals surface area contributed by atoms with E-state index in [1.165, 1.54) is 32.4 Å². The average Bonchev–Trinajstić information content (AvgIpc) is 2.75. The summed E-state index contributed by atoms with van der Waals surface area (Å²) >= 11 is 17.7. The molecule has 1 aromatic heterocycles. The maximum Gasteiger partial charge on any atom is 0.178 e. The maximum absolute atomic E-state index is 6.16. The summed E-state index contributed by atoms with van der Waals surface area (Å²) in [5.41, 5.74) is 1.97. The van der Waals surface area contributed by atoms with E-state index in [1.807, 2.05) is 12.1 Å². The Balaban J connectivity index is 1.93. The third kappa shape index (κ3) is 3.14. The summed E-state index contributed by atoms with van der Waals surface area (Å²) < 4.78 is 2.88. The highest BCUT2D eigenvalue weighted by Gasteiger charge is 2.17. The highest BCUT2D eigenvalue weighted by Crippen LogP contribution is 2.29. The number of halogens is 2. The lowest BCUT2D eigenvalue weighted by Gasteiger charge is -2.29. The molecule has 0 amide bonds. The van der Waals surface area contributed by atoms with Gasteiger partial charge >= 0.3 is 0 Å². The lowest BCUT2D eigenvalue weighted by atomic mass is 10.1. The summed E-state index contributed by atoms with van der Waals surface area (Å²) in [5, 5.41) is 1.12. The van der Waals surface area contributed by atoms with Gasteiger partial charge in [-0.3, -0.25) is 0 Å². The van der Waals surface area contributed by atoms with Crippen LogP contribution >= 0.6 is 35.4 Å². The quantitative estimate of drug-likeness (QED) is 0.788. The molecule has 1 aliphatic rings. The molecule has 1 N–H and O–H groups in total. The third-order valence-corrected chi connectivity index (χ3v) is 5.19. The highest BCUT2D eigenvalue weighted by atomic mass is 35.5. The van der Waals surface area contributed by atoms with Crippen molar-refractivity contribution in [3.63, 3.8) is 0 Å². The molecule has 21 heavy (non-hydrogen) atoms. The smallest absolute Gasteiger partial charge is 0.178 e. The lowest BCUT2D eigenvalue weighted by molar-refractivity contribution is 0.202. The first kappa shape index (κ1) is 15.3. The molecule has 0 aliphatic carbocycles. The van der Waals surface area contributed by atoms with Crippen LogP contribution < -0.4 is 0 Å². The van der Waals surface area contributed by atoms with Crippen molar-refractivity contribution < 1.29 is 0 Å². The lowest BCUT2D eigenvalue weighted by Crippen LogP contribution is -2.34. The molecule has 0 radical (unpaired) electrons. The largest absolute Gasteiger partial charge is 0.331 e.